The van der Waals surface area contributed by atoms with Gasteiger partial charge in [0.25, 0.3) is 0 Å². The Labute approximate surface area is 94.4 Å². The highest BCUT2D eigenvalue weighted by molar-refractivity contribution is 5.89. The summed E-state index contributed by atoms with van der Waals surface area (Å²) >= 11 is 0. The van der Waals surface area contributed by atoms with E-state index in [9.17, 15) is 4.79 Å². The van der Waals surface area contributed by atoms with Gasteiger partial charge in [-0.2, -0.15) is 0 Å². The molecule has 0 atom stereocenters. The van der Waals surface area contributed by atoms with Gasteiger partial charge in [-0.25, -0.2) is 4.79 Å². The summed E-state index contributed by atoms with van der Waals surface area (Å²) in [5.41, 5.74) is 6.30. The van der Waals surface area contributed by atoms with Crippen molar-refractivity contribution in [2.45, 2.75) is 0 Å². The highest BCUT2D eigenvalue weighted by Gasteiger charge is 2.07. The number of nitrogens with two attached hydrogens (primary N) is 1. The number of aromatic carboxylic acids is 1. The van der Waals surface area contributed by atoms with E-state index in [2.05, 4.69) is 0 Å². The van der Waals surface area contributed by atoms with Gasteiger partial charge in [-0.1, -0.05) is 0 Å². The second-order valence-corrected chi connectivity index (χ2v) is 3.71. The summed E-state index contributed by atoms with van der Waals surface area (Å²) in [6, 6.07) is 4.43. The lowest BCUT2D eigenvalue weighted by molar-refractivity contribution is 0.0696. The van der Waals surface area contributed by atoms with E-state index in [4.69, 9.17) is 15.6 Å². The average Bonchev–Trinajstić information content (AvgIpc) is 2.20. The minimum Gasteiger partial charge on any atom is -0.490 e. The van der Waals surface area contributed by atoms with E-state index in [-0.39, 0.29) is 5.56 Å². The van der Waals surface area contributed by atoms with Gasteiger partial charge in [-0.3, -0.25) is 0 Å². The number of benzene rings is 1. The molecule has 5 heteroatoms. The molecule has 0 aliphatic heterocycles. The fourth-order valence-corrected chi connectivity index (χ4v) is 1.13. The number of carboxylic acids is 1. The van der Waals surface area contributed by atoms with Gasteiger partial charge in [0.1, 0.15) is 12.4 Å². The number of hydrogen-bond donors (Lipinski definition) is 2. The number of nitrogens with zero attached hydrogens (tertiary/aromatic N) is 1. The maximum Gasteiger partial charge on any atom is 0.335 e. The maximum absolute atomic E-state index is 10.7. The summed E-state index contributed by atoms with van der Waals surface area (Å²) in [7, 11) is 3.86. The van der Waals surface area contributed by atoms with Crippen molar-refractivity contribution in [2.24, 2.45) is 0 Å². The molecule has 0 fully saturated rings. The Hall–Kier alpha value is -1.75. The number of anilines is 1. The number of rotatable bonds is 5. The molecule has 1 aromatic carbocycles. The summed E-state index contributed by atoms with van der Waals surface area (Å²) in [5, 5.41) is 8.81. The number of hydrogen-bond acceptors (Lipinski definition) is 4. The maximum atomic E-state index is 10.7. The highest BCUT2D eigenvalue weighted by Crippen LogP contribution is 2.22. The SMILES string of the molecule is CN(C)CCOc1cc(C(=O)O)ccc1N. The van der Waals surface area contributed by atoms with Gasteiger partial charge in [0, 0.05) is 6.54 Å². The number of nitrogen functional groups attached to an aromatic ring is 1. The van der Waals surface area contributed by atoms with E-state index in [1.807, 2.05) is 19.0 Å². The zero-order valence-corrected chi connectivity index (χ0v) is 9.43. The number of carbonyl (C=O) groups is 1. The van der Waals surface area contributed by atoms with Crippen molar-refractivity contribution in [3.8, 4) is 5.75 Å². The summed E-state index contributed by atoms with van der Waals surface area (Å²) in [5.74, 6) is -0.570. The predicted molar refractivity (Wildman–Crippen MR) is 61.9 cm³/mol. The third kappa shape index (κ3) is 3.43. The fraction of sp³-hybridized carbons (Fsp3) is 0.364. The van der Waals surface area contributed by atoms with Crippen LogP contribution in [0.1, 0.15) is 10.4 Å². The quantitative estimate of drug-likeness (QED) is 0.727. The van der Waals surface area contributed by atoms with Crippen LogP contribution in [0.2, 0.25) is 0 Å². The molecular weight excluding hydrogens is 208 g/mol. The van der Waals surface area contributed by atoms with Crippen molar-refractivity contribution in [3.63, 3.8) is 0 Å². The minimum absolute atomic E-state index is 0.175. The van der Waals surface area contributed by atoms with Crippen molar-refractivity contribution in [1.29, 1.82) is 0 Å². The van der Waals surface area contributed by atoms with Crippen molar-refractivity contribution < 1.29 is 14.6 Å². The van der Waals surface area contributed by atoms with Crippen molar-refractivity contribution in [1.82, 2.24) is 4.90 Å². The molecule has 0 spiro atoms. The van der Waals surface area contributed by atoms with Crippen molar-refractivity contribution >= 4 is 11.7 Å². The summed E-state index contributed by atoms with van der Waals surface area (Å²) < 4.78 is 5.41. The van der Waals surface area contributed by atoms with E-state index in [0.29, 0.717) is 18.0 Å². The van der Waals surface area contributed by atoms with Crippen LogP contribution in [-0.2, 0) is 0 Å². The second kappa shape index (κ2) is 5.37. The van der Waals surface area contributed by atoms with Crippen molar-refractivity contribution in [2.75, 3.05) is 33.0 Å². The Morgan fingerprint density at radius 1 is 1.50 bits per heavy atom. The Morgan fingerprint density at radius 3 is 2.75 bits per heavy atom. The van der Waals surface area contributed by atoms with Gasteiger partial charge in [0.15, 0.2) is 0 Å². The van der Waals surface area contributed by atoms with Gasteiger partial charge >= 0.3 is 5.97 Å². The van der Waals surface area contributed by atoms with E-state index < -0.39 is 5.97 Å². The van der Waals surface area contributed by atoms with Gasteiger partial charge in [0.05, 0.1) is 11.3 Å². The third-order valence-electron chi connectivity index (χ3n) is 2.06. The first-order chi connectivity index (χ1) is 7.50. The molecule has 0 saturated heterocycles. The molecule has 0 aromatic heterocycles. The third-order valence-corrected chi connectivity index (χ3v) is 2.06. The van der Waals surface area contributed by atoms with Crippen LogP contribution in [0.3, 0.4) is 0 Å². The topological polar surface area (TPSA) is 75.8 Å². The lowest BCUT2D eigenvalue weighted by atomic mass is 10.2. The molecule has 3 N–H and O–H groups in total. The molecule has 0 unspecified atom stereocenters. The molecule has 0 amide bonds. The van der Waals surface area contributed by atoms with Crippen LogP contribution in [0.5, 0.6) is 5.75 Å². The summed E-state index contributed by atoms with van der Waals surface area (Å²) in [6.07, 6.45) is 0. The summed E-state index contributed by atoms with van der Waals surface area (Å²) in [6.45, 7) is 1.22. The lowest BCUT2D eigenvalue weighted by Gasteiger charge is -2.12. The number of ether oxygens (including phenoxy) is 1. The van der Waals surface area contributed by atoms with Crippen LogP contribution in [0.25, 0.3) is 0 Å². The fourth-order valence-electron chi connectivity index (χ4n) is 1.13. The Kier molecular flexibility index (Phi) is 4.13. The first-order valence-electron chi connectivity index (χ1n) is 4.91. The van der Waals surface area contributed by atoms with Crippen LogP contribution < -0.4 is 10.5 Å². The van der Waals surface area contributed by atoms with Gasteiger partial charge < -0.3 is 20.5 Å². The Morgan fingerprint density at radius 2 is 2.19 bits per heavy atom. The second-order valence-electron chi connectivity index (χ2n) is 3.71. The zero-order chi connectivity index (χ0) is 12.1. The van der Waals surface area contributed by atoms with Crippen LogP contribution in [-0.4, -0.2) is 43.2 Å². The van der Waals surface area contributed by atoms with E-state index in [1.54, 1.807) is 0 Å². The molecule has 0 aliphatic carbocycles. The zero-order valence-electron chi connectivity index (χ0n) is 9.43. The normalized spacial score (nSPS) is 10.4. The van der Waals surface area contributed by atoms with Crippen LogP contribution in [0.4, 0.5) is 5.69 Å². The minimum atomic E-state index is -0.988. The Bertz CT molecular complexity index is 377. The molecule has 0 bridgehead atoms. The number of carboxylic acid groups (broad SMARTS) is 1. The largest absolute Gasteiger partial charge is 0.490 e. The molecule has 0 saturated carbocycles. The van der Waals surface area contributed by atoms with Gasteiger partial charge in [-0.15, -0.1) is 0 Å². The molecule has 16 heavy (non-hydrogen) atoms. The Balaban J connectivity index is 2.70. The summed E-state index contributed by atoms with van der Waals surface area (Å²) in [4.78, 5) is 12.7. The molecule has 88 valence electrons. The van der Waals surface area contributed by atoms with E-state index >= 15 is 0 Å². The lowest BCUT2D eigenvalue weighted by Crippen LogP contribution is -2.19. The highest BCUT2D eigenvalue weighted by atomic mass is 16.5. The standard InChI is InChI=1S/C11H16N2O3/c1-13(2)5-6-16-10-7-8(11(14)15)3-4-9(10)12/h3-4,7H,5-6,12H2,1-2H3,(H,14,15). The van der Waals surface area contributed by atoms with E-state index in [0.717, 1.165) is 6.54 Å². The molecule has 0 aliphatic rings. The number of likely N-dealkylation sites (N-methyl/N-ethyl adjacent to an activating group) is 1. The molecule has 0 heterocycles. The van der Waals surface area contributed by atoms with Crippen molar-refractivity contribution in [3.05, 3.63) is 23.8 Å². The predicted octanol–water partition coefficient (Wildman–Crippen LogP) is 0.907. The monoisotopic (exact) mass is 224 g/mol. The molecule has 0 radical (unpaired) electrons. The molecule has 1 rings (SSSR count). The first kappa shape index (κ1) is 12.3. The molecule has 5 nitrogen and oxygen atoms in total. The first-order valence-corrected chi connectivity index (χ1v) is 4.91. The average molecular weight is 224 g/mol. The van der Waals surface area contributed by atoms with Crippen LogP contribution in [0, 0.1) is 0 Å². The molecule has 1 aromatic rings. The smallest absolute Gasteiger partial charge is 0.335 e. The van der Waals surface area contributed by atoms with Crippen LogP contribution in [0.15, 0.2) is 18.2 Å². The van der Waals surface area contributed by atoms with E-state index in [1.165, 1.54) is 18.2 Å². The van der Waals surface area contributed by atoms with Crippen LogP contribution >= 0.6 is 0 Å². The molecular formula is C11H16N2O3. The van der Waals surface area contributed by atoms with Gasteiger partial charge in [-0.05, 0) is 32.3 Å². The van der Waals surface area contributed by atoms with Gasteiger partial charge in [0.2, 0.25) is 0 Å².